The molecule has 1 aliphatic carbocycles. The van der Waals surface area contributed by atoms with Crippen LogP contribution in [0.1, 0.15) is 26.2 Å². The minimum Gasteiger partial charge on any atom is -0.327 e. The second-order valence-electron chi connectivity index (χ2n) is 4.86. The number of hydrogen-bond acceptors (Lipinski definition) is 1. The highest BCUT2D eigenvalue weighted by atomic mass is 19.4. The average molecular weight is 281 g/mol. The maximum absolute atomic E-state index is 13.7. The number of hydrogen-bond donors (Lipinski definition) is 1. The van der Waals surface area contributed by atoms with Crippen LogP contribution in [0.2, 0.25) is 0 Å². The molecule has 3 atom stereocenters. The predicted molar refractivity (Wildman–Crippen MR) is 50.4 cm³/mol. The number of rotatable bonds is 1. The highest BCUT2D eigenvalue weighted by Gasteiger charge is 2.75. The zero-order valence-corrected chi connectivity index (χ0v) is 9.58. The smallest absolute Gasteiger partial charge is 0.327 e. The Balaban J connectivity index is 3.07. The molecule has 0 saturated heterocycles. The molecule has 0 amide bonds. The van der Waals surface area contributed by atoms with E-state index < -0.39 is 48.7 Å². The van der Waals surface area contributed by atoms with E-state index in [1.54, 1.807) is 0 Å². The molecule has 18 heavy (non-hydrogen) atoms. The summed E-state index contributed by atoms with van der Waals surface area (Å²) in [5.74, 6) is -2.68. The van der Waals surface area contributed by atoms with Crippen molar-refractivity contribution in [3.8, 4) is 0 Å². The SMILES string of the molecule is CC1CC(C(F)(C(F)(F)F)C(F)(F)F)CCC1N. The van der Waals surface area contributed by atoms with Gasteiger partial charge in [-0.2, -0.15) is 26.3 Å². The van der Waals surface area contributed by atoms with Crippen molar-refractivity contribution in [1.82, 2.24) is 0 Å². The Bertz CT molecular complexity index is 282. The van der Waals surface area contributed by atoms with Crippen molar-refractivity contribution in [2.45, 2.75) is 50.2 Å². The molecule has 1 aliphatic rings. The average Bonchev–Trinajstić information content (AvgIpc) is 2.17. The van der Waals surface area contributed by atoms with E-state index in [0.717, 1.165) is 0 Å². The Hall–Kier alpha value is -0.530. The first-order valence-corrected chi connectivity index (χ1v) is 5.49. The maximum atomic E-state index is 13.7. The predicted octanol–water partition coefficient (Wildman–Crippen LogP) is 3.58. The van der Waals surface area contributed by atoms with Gasteiger partial charge in [-0.25, -0.2) is 4.39 Å². The van der Waals surface area contributed by atoms with Crippen LogP contribution in [0.3, 0.4) is 0 Å². The van der Waals surface area contributed by atoms with E-state index in [1.807, 2.05) is 0 Å². The molecule has 1 nitrogen and oxygen atoms in total. The Morgan fingerprint density at radius 2 is 1.33 bits per heavy atom. The fraction of sp³-hybridized carbons (Fsp3) is 1.00. The summed E-state index contributed by atoms with van der Waals surface area (Å²) in [5, 5.41) is 0. The lowest BCUT2D eigenvalue weighted by Gasteiger charge is -2.41. The van der Waals surface area contributed by atoms with Gasteiger partial charge in [-0.05, 0) is 25.2 Å². The van der Waals surface area contributed by atoms with Crippen LogP contribution in [0.4, 0.5) is 30.7 Å². The van der Waals surface area contributed by atoms with E-state index in [-0.39, 0.29) is 6.42 Å². The van der Waals surface area contributed by atoms with Gasteiger partial charge in [-0.1, -0.05) is 6.92 Å². The lowest BCUT2D eigenvalue weighted by atomic mass is 9.71. The Morgan fingerprint density at radius 1 is 0.889 bits per heavy atom. The van der Waals surface area contributed by atoms with Gasteiger partial charge >= 0.3 is 18.0 Å². The molecule has 1 rings (SSSR count). The van der Waals surface area contributed by atoms with Crippen LogP contribution in [-0.4, -0.2) is 24.1 Å². The fourth-order valence-corrected chi connectivity index (χ4v) is 2.40. The Kier molecular flexibility index (Phi) is 3.92. The van der Waals surface area contributed by atoms with E-state index in [2.05, 4.69) is 0 Å². The van der Waals surface area contributed by atoms with E-state index in [4.69, 9.17) is 5.73 Å². The van der Waals surface area contributed by atoms with Crippen LogP contribution in [0.25, 0.3) is 0 Å². The summed E-state index contributed by atoms with van der Waals surface area (Å²) in [6, 6.07) is -0.480. The number of nitrogens with two attached hydrogens (primary N) is 1. The Morgan fingerprint density at radius 3 is 1.67 bits per heavy atom. The van der Waals surface area contributed by atoms with Gasteiger partial charge < -0.3 is 5.73 Å². The van der Waals surface area contributed by atoms with E-state index in [0.29, 0.717) is 0 Å². The molecular weight excluding hydrogens is 267 g/mol. The van der Waals surface area contributed by atoms with Gasteiger partial charge in [0.25, 0.3) is 0 Å². The van der Waals surface area contributed by atoms with Crippen LogP contribution in [0, 0.1) is 11.8 Å². The number of alkyl halides is 7. The van der Waals surface area contributed by atoms with Crippen molar-refractivity contribution in [3.05, 3.63) is 0 Å². The van der Waals surface area contributed by atoms with E-state index >= 15 is 0 Å². The highest BCUT2D eigenvalue weighted by Crippen LogP contribution is 2.54. The van der Waals surface area contributed by atoms with Crippen molar-refractivity contribution in [3.63, 3.8) is 0 Å². The van der Waals surface area contributed by atoms with Crippen LogP contribution in [0.5, 0.6) is 0 Å². The molecule has 108 valence electrons. The summed E-state index contributed by atoms with van der Waals surface area (Å²) in [6.45, 7) is 1.43. The summed E-state index contributed by atoms with van der Waals surface area (Å²) >= 11 is 0. The second-order valence-corrected chi connectivity index (χ2v) is 4.86. The molecule has 0 heterocycles. The van der Waals surface area contributed by atoms with Crippen LogP contribution < -0.4 is 5.73 Å². The standard InChI is InChI=1S/C10H14F7N/c1-5-4-6(2-3-7(5)18)8(11,9(12,13)14)10(15,16)17/h5-7H,2-4,18H2,1H3. The molecule has 1 saturated carbocycles. The van der Waals surface area contributed by atoms with Crippen LogP contribution in [0.15, 0.2) is 0 Å². The number of halogens is 7. The van der Waals surface area contributed by atoms with Gasteiger partial charge in [0.2, 0.25) is 0 Å². The van der Waals surface area contributed by atoms with Gasteiger partial charge in [0.1, 0.15) is 0 Å². The van der Waals surface area contributed by atoms with Gasteiger partial charge in [-0.3, -0.25) is 0 Å². The molecule has 0 spiro atoms. The first kappa shape index (κ1) is 15.5. The first-order chi connectivity index (χ1) is 7.91. The lowest BCUT2D eigenvalue weighted by Crippen LogP contribution is -2.60. The molecule has 0 radical (unpaired) electrons. The molecule has 0 aromatic rings. The Labute approximate surface area is 99.5 Å². The molecule has 0 aliphatic heterocycles. The first-order valence-electron chi connectivity index (χ1n) is 5.49. The molecular formula is C10H14F7N. The normalized spacial score (nSPS) is 31.5. The molecule has 2 N–H and O–H groups in total. The second kappa shape index (κ2) is 4.54. The van der Waals surface area contributed by atoms with Crippen LogP contribution >= 0.6 is 0 Å². The van der Waals surface area contributed by atoms with Crippen molar-refractivity contribution >= 4 is 0 Å². The minimum atomic E-state index is -5.96. The minimum absolute atomic E-state index is 0.0380. The molecule has 1 fully saturated rings. The molecule has 3 unspecified atom stereocenters. The zero-order valence-electron chi connectivity index (χ0n) is 9.58. The fourth-order valence-electron chi connectivity index (χ4n) is 2.40. The summed E-state index contributed by atoms with van der Waals surface area (Å²) in [6.07, 6.45) is -13.0. The van der Waals surface area contributed by atoms with Gasteiger partial charge in [-0.15, -0.1) is 0 Å². The summed E-state index contributed by atoms with van der Waals surface area (Å²) in [5.41, 5.74) is 0.372. The largest absolute Gasteiger partial charge is 0.431 e. The van der Waals surface area contributed by atoms with Crippen LogP contribution in [-0.2, 0) is 0 Å². The van der Waals surface area contributed by atoms with E-state index in [1.165, 1.54) is 6.92 Å². The van der Waals surface area contributed by atoms with Crippen molar-refractivity contribution < 1.29 is 30.7 Å². The highest BCUT2D eigenvalue weighted by molar-refractivity contribution is 5.02. The van der Waals surface area contributed by atoms with Crippen molar-refractivity contribution in [2.75, 3.05) is 0 Å². The maximum Gasteiger partial charge on any atom is 0.431 e. The third-order valence-corrected chi connectivity index (χ3v) is 3.62. The van der Waals surface area contributed by atoms with E-state index in [9.17, 15) is 30.7 Å². The van der Waals surface area contributed by atoms with Gasteiger partial charge in [0, 0.05) is 12.0 Å². The summed E-state index contributed by atoms with van der Waals surface area (Å²) in [4.78, 5) is 0. The monoisotopic (exact) mass is 281 g/mol. The molecule has 0 bridgehead atoms. The van der Waals surface area contributed by atoms with Gasteiger partial charge in [0.05, 0.1) is 0 Å². The third kappa shape index (κ3) is 2.44. The molecule has 8 heteroatoms. The molecule has 0 aromatic carbocycles. The summed E-state index contributed by atoms with van der Waals surface area (Å²) < 4.78 is 88.6. The topological polar surface area (TPSA) is 26.0 Å². The summed E-state index contributed by atoms with van der Waals surface area (Å²) in [7, 11) is 0. The lowest BCUT2D eigenvalue weighted by molar-refractivity contribution is -0.361. The quantitative estimate of drug-likeness (QED) is 0.730. The third-order valence-electron chi connectivity index (χ3n) is 3.62. The van der Waals surface area contributed by atoms with Gasteiger partial charge in [0.15, 0.2) is 0 Å². The molecule has 0 aromatic heterocycles. The van der Waals surface area contributed by atoms with Crippen molar-refractivity contribution in [1.29, 1.82) is 0 Å². The zero-order chi connectivity index (χ0) is 14.4. The van der Waals surface area contributed by atoms with Crippen molar-refractivity contribution in [2.24, 2.45) is 17.6 Å².